The summed E-state index contributed by atoms with van der Waals surface area (Å²) >= 11 is 1.83. The van der Waals surface area contributed by atoms with E-state index in [1.807, 2.05) is 16.4 Å². The molecule has 1 aromatic heterocycles. The monoisotopic (exact) mass is 242 g/mol. The number of nitrogens with two attached hydrogens (primary N) is 1. The molecular weight excluding hydrogens is 220 g/mol. The van der Waals surface area contributed by atoms with Crippen molar-refractivity contribution in [2.24, 2.45) is 11.7 Å². The maximum atomic E-state index is 6.06. The minimum absolute atomic E-state index is 0.197. The van der Waals surface area contributed by atoms with Crippen molar-refractivity contribution in [2.45, 2.75) is 39.3 Å². The lowest BCUT2D eigenvalue weighted by atomic mass is 10.1. The van der Waals surface area contributed by atoms with Crippen molar-refractivity contribution < 1.29 is 0 Å². The second kappa shape index (κ2) is 6.91. The van der Waals surface area contributed by atoms with Gasteiger partial charge in [0, 0.05) is 19.0 Å². The molecule has 0 saturated heterocycles. The van der Waals surface area contributed by atoms with Gasteiger partial charge >= 0.3 is 0 Å². The van der Waals surface area contributed by atoms with Gasteiger partial charge in [-0.05, 0) is 24.3 Å². The van der Waals surface area contributed by atoms with Crippen LogP contribution in [0, 0.1) is 5.92 Å². The summed E-state index contributed by atoms with van der Waals surface area (Å²) in [7, 11) is 0. The Morgan fingerprint density at radius 3 is 2.88 bits per heavy atom. The molecule has 4 nitrogen and oxygen atoms in total. The van der Waals surface area contributed by atoms with E-state index in [2.05, 4.69) is 30.2 Å². The van der Waals surface area contributed by atoms with Gasteiger partial charge in [0.2, 0.25) is 0 Å². The third-order valence-corrected chi connectivity index (χ3v) is 3.02. The van der Waals surface area contributed by atoms with Crippen LogP contribution in [-0.4, -0.2) is 32.8 Å². The van der Waals surface area contributed by atoms with Crippen LogP contribution in [0.2, 0.25) is 0 Å². The van der Waals surface area contributed by atoms with E-state index in [0.29, 0.717) is 5.92 Å². The lowest BCUT2D eigenvalue weighted by Crippen LogP contribution is -2.26. The highest BCUT2D eigenvalue weighted by atomic mass is 32.2. The van der Waals surface area contributed by atoms with Crippen molar-refractivity contribution in [3.63, 3.8) is 0 Å². The first-order valence-electron chi connectivity index (χ1n) is 5.74. The molecule has 1 unspecified atom stereocenters. The van der Waals surface area contributed by atoms with Crippen LogP contribution in [0.3, 0.4) is 0 Å². The minimum Gasteiger partial charge on any atom is -0.327 e. The average Bonchev–Trinajstić information content (AvgIpc) is 2.62. The van der Waals surface area contributed by atoms with E-state index in [9.17, 15) is 0 Å². The molecule has 0 aliphatic rings. The Bertz CT molecular complexity index is 298. The molecule has 0 bridgehead atoms. The Morgan fingerprint density at radius 1 is 1.50 bits per heavy atom. The summed E-state index contributed by atoms with van der Waals surface area (Å²) < 4.78 is 1.98. The predicted molar refractivity (Wildman–Crippen MR) is 69.5 cm³/mol. The molecule has 16 heavy (non-hydrogen) atoms. The smallest absolute Gasteiger partial charge is 0.138 e. The number of hydrogen-bond donors (Lipinski definition) is 1. The van der Waals surface area contributed by atoms with Crippen LogP contribution in [0.25, 0.3) is 0 Å². The predicted octanol–water partition coefficient (Wildman–Crippen LogP) is 1.56. The SMILES string of the molecule is CSCCC(N)Cc1ncnn1CC(C)C. The molecular formula is C11H22N4S. The Kier molecular flexibility index (Phi) is 5.84. The van der Waals surface area contributed by atoms with E-state index < -0.39 is 0 Å². The van der Waals surface area contributed by atoms with Crippen LogP contribution >= 0.6 is 11.8 Å². The van der Waals surface area contributed by atoms with Crippen LogP contribution in [-0.2, 0) is 13.0 Å². The summed E-state index contributed by atoms with van der Waals surface area (Å²) in [5.74, 6) is 2.71. The van der Waals surface area contributed by atoms with Crippen LogP contribution < -0.4 is 5.73 Å². The molecule has 0 radical (unpaired) electrons. The van der Waals surface area contributed by atoms with Gasteiger partial charge in [-0.2, -0.15) is 16.9 Å². The summed E-state index contributed by atoms with van der Waals surface area (Å²) in [5.41, 5.74) is 6.06. The van der Waals surface area contributed by atoms with E-state index in [0.717, 1.165) is 31.0 Å². The molecule has 1 atom stereocenters. The van der Waals surface area contributed by atoms with Crippen LogP contribution in [0.1, 0.15) is 26.1 Å². The van der Waals surface area contributed by atoms with Gasteiger partial charge in [-0.25, -0.2) is 9.67 Å². The van der Waals surface area contributed by atoms with E-state index in [-0.39, 0.29) is 6.04 Å². The summed E-state index contributed by atoms with van der Waals surface area (Å²) in [4.78, 5) is 4.28. The lowest BCUT2D eigenvalue weighted by molar-refractivity contribution is 0.457. The van der Waals surface area contributed by atoms with Gasteiger partial charge in [0.25, 0.3) is 0 Å². The van der Waals surface area contributed by atoms with E-state index >= 15 is 0 Å². The quantitative estimate of drug-likeness (QED) is 0.788. The normalized spacial score (nSPS) is 13.3. The van der Waals surface area contributed by atoms with Crippen molar-refractivity contribution in [1.29, 1.82) is 0 Å². The Balaban J connectivity index is 2.49. The summed E-state index contributed by atoms with van der Waals surface area (Å²) in [6, 6.07) is 0.197. The third kappa shape index (κ3) is 4.53. The fraction of sp³-hybridized carbons (Fsp3) is 0.818. The van der Waals surface area contributed by atoms with Gasteiger partial charge in [0.05, 0.1) is 0 Å². The van der Waals surface area contributed by atoms with Gasteiger partial charge in [-0.1, -0.05) is 13.8 Å². The zero-order valence-corrected chi connectivity index (χ0v) is 11.2. The molecule has 1 aromatic rings. The zero-order valence-electron chi connectivity index (χ0n) is 10.4. The molecule has 0 amide bonds. The van der Waals surface area contributed by atoms with Crippen molar-refractivity contribution >= 4 is 11.8 Å². The first-order chi connectivity index (χ1) is 7.63. The highest BCUT2D eigenvalue weighted by Gasteiger charge is 2.10. The number of nitrogens with zero attached hydrogens (tertiary/aromatic N) is 3. The van der Waals surface area contributed by atoms with Gasteiger partial charge in [-0.3, -0.25) is 0 Å². The second-order valence-corrected chi connectivity index (χ2v) is 5.48. The Morgan fingerprint density at radius 2 is 2.25 bits per heavy atom. The van der Waals surface area contributed by atoms with Crippen LogP contribution in [0.15, 0.2) is 6.33 Å². The third-order valence-electron chi connectivity index (χ3n) is 2.37. The van der Waals surface area contributed by atoms with Crippen LogP contribution in [0.5, 0.6) is 0 Å². The van der Waals surface area contributed by atoms with Crippen molar-refractivity contribution in [3.8, 4) is 0 Å². The number of hydrogen-bond acceptors (Lipinski definition) is 4. The zero-order chi connectivity index (χ0) is 12.0. The topological polar surface area (TPSA) is 56.7 Å². The number of rotatable bonds is 7. The number of thioether (sulfide) groups is 1. The minimum atomic E-state index is 0.197. The average molecular weight is 242 g/mol. The van der Waals surface area contributed by atoms with E-state index in [1.54, 1.807) is 6.33 Å². The molecule has 1 rings (SSSR count). The van der Waals surface area contributed by atoms with E-state index in [4.69, 9.17) is 5.73 Å². The molecule has 0 spiro atoms. The molecule has 5 heteroatoms. The Hall–Kier alpha value is -0.550. The fourth-order valence-electron chi connectivity index (χ4n) is 1.55. The maximum Gasteiger partial charge on any atom is 0.138 e. The van der Waals surface area contributed by atoms with Crippen LogP contribution in [0.4, 0.5) is 0 Å². The molecule has 92 valence electrons. The molecule has 0 fully saturated rings. The molecule has 0 aliphatic carbocycles. The van der Waals surface area contributed by atoms with Gasteiger partial charge in [0.1, 0.15) is 12.2 Å². The first-order valence-corrected chi connectivity index (χ1v) is 7.14. The van der Waals surface area contributed by atoms with Crippen molar-refractivity contribution in [1.82, 2.24) is 14.8 Å². The van der Waals surface area contributed by atoms with Crippen molar-refractivity contribution in [2.75, 3.05) is 12.0 Å². The molecule has 0 aliphatic heterocycles. The standard InChI is InChI=1S/C11H22N4S/c1-9(2)7-15-11(13-8-14-15)6-10(12)4-5-16-3/h8-10H,4-7,12H2,1-3H3. The lowest BCUT2D eigenvalue weighted by Gasteiger charge is -2.12. The highest BCUT2D eigenvalue weighted by Crippen LogP contribution is 2.06. The Labute approximate surface area is 102 Å². The van der Waals surface area contributed by atoms with Gasteiger partial charge in [0.15, 0.2) is 0 Å². The van der Waals surface area contributed by atoms with E-state index in [1.165, 1.54) is 0 Å². The maximum absolute atomic E-state index is 6.06. The summed E-state index contributed by atoms with van der Waals surface area (Å²) in [6.07, 6.45) is 5.59. The molecule has 1 heterocycles. The molecule has 0 aromatic carbocycles. The second-order valence-electron chi connectivity index (χ2n) is 4.50. The first kappa shape index (κ1) is 13.5. The number of aromatic nitrogens is 3. The molecule has 0 saturated carbocycles. The van der Waals surface area contributed by atoms with Crippen molar-refractivity contribution in [3.05, 3.63) is 12.2 Å². The van der Waals surface area contributed by atoms with Gasteiger partial charge in [-0.15, -0.1) is 0 Å². The van der Waals surface area contributed by atoms with Gasteiger partial charge < -0.3 is 5.73 Å². The summed E-state index contributed by atoms with van der Waals surface area (Å²) in [6.45, 7) is 5.28. The fourth-order valence-corrected chi connectivity index (χ4v) is 2.09. The largest absolute Gasteiger partial charge is 0.327 e. The summed E-state index contributed by atoms with van der Waals surface area (Å²) in [5, 5.41) is 4.23. The highest BCUT2D eigenvalue weighted by molar-refractivity contribution is 7.98. The molecule has 2 N–H and O–H groups in total.